The van der Waals surface area contributed by atoms with Crippen molar-refractivity contribution in [1.82, 2.24) is 19.9 Å². The quantitative estimate of drug-likeness (QED) is 0.855. The van der Waals surface area contributed by atoms with Gasteiger partial charge in [-0.2, -0.15) is 0 Å². The van der Waals surface area contributed by atoms with Crippen LogP contribution in [0.3, 0.4) is 0 Å². The van der Waals surface area contributed by atoms with Crippen LogP contribution in [0, 0.1) is 18.8 Å². The Morgan fingerprint density at radius 1 is 1.08 bits per heavy atom. The molecule has 2 aliphatic heterocycles. The second kappa shape index (κ2) is 6.09. The Kier molecular flexibility index (Phi) is 3.73. The number of aromatic nitrogens is 3. The second-order valence-electron chi connectivity index (χ2n) is 7.82. The highest BCUT2D eigenvalue weighted by atomic mass is 16.4. The molecule has 5 rings (SSSR count). The molecule has 2 aromatic rings. The molecule has 0 radical (unpaired) electrons. The average molecular weight is 339 g/mol. The Balaban J connectivity index is 1.21. The van der Waals surface area contributed by atoms with E-state index >= 15 is 0 Å². The van der Waals surface area contributed by atoms with Gasteiger partial charge in [0, 0.05) is 44.4 Å². The number of anilines is 1. The molecule has 0 spiro atoms. The van der Waals surface area contributed by atoms with Gasteiger partial charge in [-0.25, -0.2) is 15.0 Å². The first-order valence-corrected chi connectivity index (χ1v) is 9.48. The Bertz CT molecular complexity index is 735. The summed E-state index contributed by atoms with van der Waals surface area (Å²) in [4.78, 5) is 18.3. The van der Waals surface area contributed by atoms with Crippen molar-refractivity contribution in [3.63, 3.8) is 0 Å². The minimum atomic E-state index is 0.722. The topological polar surface area (TPSA) is 58.3 Å². The third-order valence-corrected chi connectivity index (χ3v) is 5.92. The predicted molar refractivity (Wildman–Crippen MR) is 94.4 cm³/mol. The van der Waals surface area contributed by atoms with E-state index in [-0.39, 0.29) is 0 Å². The average Bonchev–Trinajstić information content (AvgIpc) is 3.27. The number of likely N-dealkylation sites (tertiary alicyclic amines) is 1. The third kappa shape index (κ3) is 2.92. The van der Waals surface area contributed by atoms with Gasteiger partial charge in [0.25, 0.3) is 0 Å². The Morgan fingerprint density at radius 3 is 2.64 bits per heavy atom. The largest absolute Gasteiger partial charge is 0.444 e. The summed E-state index contributed by atoms with van der Waals surface area (Å²) in [5.74, 6) is 4.59. The Morgan fingerprint density at radius 2 is 1.88 bits per heavy atom. The molecule has 0 amide bonds. The lowest BCUT2D eigenvalue weighted by molar-refractivity contribution is 0.270. The lowest BCUT2D eigenvalue weighted by Crippen LogP contribution is -2.29. The van der Waals surface area contributed by atoms with E-state index in [9.17, 15) is 0 Å². The van der Waals surface area contributed by atoms with E-state index in [0.29, 0.717) is 0 Å². The molecule has 0 bridgehead atoms. The van der Waals surface area contributed by atoms with Crippen molar-refractivity contribution in [2.45, 2.75) is 39.2 Å². The summed E-state index contributed by atoms with van der Waals surface area (Å²) in [6.07, 6.45) is 6.34. The summed E-state index contributed by atoms with van der Waals surface area (Å²) in [5, 5.41) is 0. The SMILES string of the molecule is Cc1cc(N2CC3CN(Cc4nc5c(o4)CCCC5)CC3C2)ncn1. The van der Waals surface area contributed by atoms with Crippen molar-refractivity contribution in [1.29, 1.82) is 0 Å². The smallest absolute Gasteiger partial charge is 0.208 e. The van der Waals surface area contributed by atoms with Crippen LogP contribution in [0.1, 0.15) is 35.9 Å². The minimum Gasteiger partial charge on any atom is -0.444 e. The van der Waals surface area contributed by atoms with Gasteiger partial charge in [0.05, 0.1) is 12.2 Å². The molecule has 6 heteroatoms. The van der Waals surface area contributed by atoms with Crippen molar-refractivity contribution in [2.75, 3.05) is 31.1 Å². The second-order valence-corrected chi connectivity index (χ2v) is 7.82. The van der Waals surface area contributed by atoms with E-state index in [4.69, 9.17) is 9.40 Å². The van der Waals surface area contributed by atoms with Crippen molar-refractivity contribution in [3.8, 4) is 0 Å². The van der Waals surface area contributed by atoms with Crippen molar-refractivity contribution < 1.29 is 4.42 Å². The van der Waals surface area contributed by atoms with Gasteiger partial charge in [-0.15, -0.1) is 0 Å². The maximum atomic E-state index is 6.01. The van der Waals surface area contributed by atoms with Gasteiger partial charge in [0.1, 0.15) is 17.9 Å². The molecule has 2 unspecified atom stereocenters. The summed E-state index contributed by atoms with van der Waals surface area (Å²) in [6, 6.07) is 2.09. The van der Waals surface area contributed by atoms with Gasteiger partial charge in [0.15, 0.2) is 0 Å². The van der Waals surface area contributed by atoms with Crippen LogP contribution in [0.4, 0.5) is 5.82 Å². The van der Waals surface area contributed by atoms with Crippen LogP contribution in [-0.2, 0) is 19.4 Å². The van der Waals surface area contributed by atoms with Crippen molar-refractivity contribution >= 4 is 5.82 Å². The van der Waals surface area contributed by atoms with E-state index in [1.54, 1.807) is 6.33 Å². The van der Waals surface area contributed by atoms with Gasteiger partial charge in [-0.05, 0) is 38.0 Å². The monoisotopic (exact) mass is 339 g/mol. The summed E-state index contributed by atoms with van der Waals surface area (Å²) in [7, 11) is 0. The van der Waals surface area contributed by atoms with Crippen LogP contribution in [0.15, 0.2) is 16.8 Å². The summed E-state index contributed by atoms with van der Waals surface area (Å²) in [5.41, 5.74) is 2.25. The molecular formula is C19H25N5O. The summed E-state index contributed by atoms with van der Waals surface area (Å²) >= 11 is 0. The Labute approximate surface area is 148 Å². The van der Waals surface area contributed by atoms with Crippen LogP contribution < -0.4 is 4.90 Å². The molecule has 4 heterocycles. The Hall–Kier alpha value is -1.95. The van der Waals surface area contributed by atoms with Crippen LogP contribution in [0.25, 0.3) is 0 Å². The summed E-state index contributed by atoms with van der Waals surface area (Å²) < 4.78 is 6.01. The highest BCUT2D eigenvalue weighted by Gasteiger charge is 2.40. The molecule has 0 saturated carbocycles. The molecule has 3 aliphatic rings. The fourth-order valence-electron chi connectivity index (χ4n) is 4.68. The maximum absolute atomic E-state index is 6.01. The first-order valence-electron chi connectivity index (χ1n) is 9.48. The van der Waals surface area contributed by atoms with Crippen LogP contribution in [0.5, 0.6) is 0 Å². The van der Waals surface area contributed by atoms with Gasteiger partial charge >= 0.3 is 0 Å². The van der Waals surface area contributed by atoms with E-state index in [2.05, 4.69) is 25.8 Å². The number of hydrogen-bond donors (Lipinski definition) is 0. The predicted octanol–water partition coefficient (Wildman–Crippen LogP) is 2.22. The highest BCUT2D eigenvalue weighted by molar-refractivity contribution is 5.40. The fourth-order valence-corrected chi connectivity index (χ4v) is 4.68. The number of hydrogen-bond acceptors (Lipinski definition) is 6. The van der Waals surface area contributed by atoms with Crippen molar-refractivity contribution in [3.05, 3.63) is 35.4 Å². The lowest BCUT2D eigenvalue weighted by Gasteiger charge is -2.21. The number of nitrogens with zero attached hydrogens (tertiary/aromatic N) is 5. The van der Waals surface area contributed by atoms with E-state index < -0.39 is 0 Å². The van der Waals surface area contributed by atoms with Crippen molar-refractivity contribution in [2.24, 2.45) is 11.8 Å². The minimum absolute atomic E-state index is 0.722. The van der Waals surface area contributed by atoms with Gasteiger partial charge in [-0.1, -0.05) is 0 Å². The molecule has 2 fully saturated rings. The number of fused-ring (bicyclic) bond motifs is 2. The van der Waals surface area contributed by atoms with Crippen LogP contribution in [-0.4, -0.2) is 46.0 Å². The zero-order chi connectivity index (χ0) is 16.8. The molecule has 2 atom stereocenters. The molecular weight excluding hydrogens is 314 g/mol. The molecule has 6 nitrogen and oxygen atoms in total. The molecule has 2 saturated heterocycles. The normalized spacial score (nSPS) is 26.0. The van der Waals surface area contributed by atoms with Gasteiger partial charge in [-0.3, -0.25) is 4.90 Å². The number of oxazole rings is 1. The first kappa shape index (κ1) is 15.3. The van der Waals surface area contributed by atoms with E-state index in [1.807, 2.05) is 6.92 Å². The molecule has 1 aliphatic carbocycles. The first-order chi connectivity index (χ1) is 12.2. The summed E-state index contributed by atoms with van der Waals surface area (Å²) in [6.45, 7) is 7.36. The zero-order valence-corrected chi connectivity index (χ0v) is 14.8. The van der Waals surface area contributed by atoms with Crippen LogP contribution >= 0.6 is 0 Å². The zero-order valence-electron chi connectivity index (χ0n) is 14.8. The maximum Gasteiger partial charge on any atom is 0.208 e. The standard InChI is InChI=1S/C19H25N5O/c1-13-6-18(21-12-20-13)24-9-14-7-23(8-15(14)10-24)11-19-22-16-4-2-3-5-17(16)25-19/h6,12,14-15H,2-5,7-11H2,1H3. The third-order valence-electron chi connectivity index (χ3n) is 5.92. The number of rotatable bonds is 3. The molecule has 0 N–H and O–H groups in total. The molecule has 0 aromatic carbocycles. The van der Waals surface area contributed by atoms with Gasteiger partial charge < -0.3 is 9.32 Å². The highest BCUT2D eigenvalue weighted by Crippen LogP contribution is 2.34. The molecule has 132 valence electrons. The van der Waals surface area contributed by atoms with E-state index in [0.717, 1.165) is 80.6 Å². The van der Waals surface area contributed by atoms with Crippen LogP contribution in [0.2, 0.25) is 0 Å². The van der Waals surface area contributed by atoms with Gasteiger partial charge in [0.2, 0.25) is 5.89 Å². The molecule has 2 aromatic heterocycles. The lowest BCUT2D eigenvalue weighted by atomic mass is 10.0. The fraction of sp³-hybridized carbons (Fsp3) is 0.632. The van der Waals surface area contributed by atoms with E-state index in [1.165, 1.54) is 18.5 Å². The molecule has 25 heavy (non-hydrogen) atoms. The number of aryl methyl sites for hydroxylation is 3.